The molecule has 0 bridgehead atoms. The fraction of sp³-hybridized carbons (Fsp3) is 0.800. The second kappa shape index (κ2) is 4.16. The van der Waals surface area contributed by atoms with Crippen LogP contribution in [-0.2, 0) is 4.79 Å². The fourth-order valence-corrected chi connectivity index (χ4v) is 0.407. The molecule has 2 N–H and O–H groups in total. The first kappa shape index (κ1) is 9.29. The molecule has 10 heavy (non-hydrogen) atoms. The summed E-state index contributed by atoms with van der Waals surface area (Å²) in [5.74, 6) is -1.46. The molecule has 0 aliphatic rings. The van der Waals surface area contributed by atoms with Crippen molar-refractivity contribution >= 4 is 5.97 Å². The Morgan fingerprint density at radius 2 is 1.90 bits per heavy atom. The van der Waals surface area contributed by atoms with Crippen LogP contribution in [0.25, 0.3) is 0 Å². The minimum atomic E-state index is -2.55. The molecule has 0 fully saturated rings. The van der Waals surface area contributed by atoms with Gasteiger partial charge < -0.3 is 10.2 Å². The Labute approximate surface area is 56.3 Å². The highest BCUT2D eigenvalue weighted by molar-refractivity contribution is 5.71. The van der Waals surface area contributed by atoms with E-state index in [-0.39, 0.29) is 0 Å². The number of aliphatic carboxylic acids is 1. The molecule has 0 saturated heterocycles. The van der Waals surface area contributed by atoms with Crippen molar-refractivity contribution in [3.05, 3.63) is 0 Å². The van der Waals surface area contributed by atoms with Gasteiger partial charge >= 0.3 is 5.97 Å². The third-order valence-corrected chi connectivity index (χ3v) is 0.943. The van der Waals surface area contributed by atoms with Gasteiger partial charge in [-0.1, -0.05) is 0 Å². The van der Waals surface area contributed by atoms with Crippen molar-refractivity contribution in [2.75, 3.05) is 0 Å². The van der Waals surface area contributed by atoms with E-state index in [2.05, 4.69) is 0 Å². The summed E-state index contributed by atoms with van der Waals surface area (Å²) < 4.78 is 22.7. The first-order chi connectivity index (χ1) is 4.54. The maximum atomic E-state index is 11.4. The molecule has 0 aromatic heterocycles. The van der Waals surface area contributed by atoms with Crippen LogP contribution in [0.1, 0.15) is 12.8 Å². The Kier molecular flexibility index (Phi) is 3.87. The number of aliphatic hydroxyl groups is 1. The number of alkyl halides is 2. The van der Waals surface area contributed by atoms with E-state index in [1.807, 2.05) is 0 Å². The fourth-order valence-electron chi connectivity index (χ4n) is 0.407. The minimum absolute atomic E-state index is 0.396. The average Bonchev–Trinajstić information content (AvgIpc) is 1.82. The van der Waals surface area contributed by atoms with Crippen molar-refractivity contribution in [2.45, 2.75) is 25.4 Å². The van der Waals surface area contributed by atoms with Gasteiger partial charge in [0.1, 0.15) is 0 Å². The summed E-state index contributed by atoms with van der Waals surface area (Å²) in [4.78, 5) is 9.82. The van der Waals surface area contributed by atoms with Gasteiger partial charge in [-0.25, -0.2) is 13.6 Å². The van der Waals surface area contributed by atoms with Crippen LogP contribution in [0.4, 0.5) is 8.78 Å². The van der Waals surface area contributed by atoms with Crippen LogP contribution >= 0.6 is 0 Å². The summed E-state index contributed by atoms with van der Waals surface area (Å²) in [6.07, 6.45) is -5.18. The molecular weight excluding hydrogens is 146 g/mol. The lowest BCUT2D eigenvalue weighted by molar-refractivity contribution is -0.147. The van der Waals surface area contributed by atoms with E-state index in [0.29, 0.717) is 0 Å². The second-order valence-electron chi connectivity index (χ2n) is 1.82. The summed E-state index contributed by atoms with van der Waals surface area (Å²) in [5.41, 5.74) is 0. The summed E-state index contributed by atoms with van der Waals surface area (Å²) in [6.45, 7) is 0. The third kappa shape index (κ3) is 4.20. The maximum Gasteiger partial charge on any atom is 0.332 e. The van der Waals surface area contributed by atoms with Crippen LogP contribution < -0.4 is 0 Å². The Balaban J connectivity index is 3.40. The van der Waals surface area contributed by atoms with E-state index in [0.717, 1.165) is 0 Å². The lowest BCUT2D eigenvalue weighted by Crippen LogP contribution is -2.19. The predicted octanol–water partition coefficient (Wildman–Crippen LogP) is 0.477. The summed E-state index contributed by atoms with van der Waals surface area (Å²) in [5, 5.41) is 16.4. The van der Waals surface area contributed by atoms with Gasteiger partial charge in [-0.2, -0.15) is 0 Å². The Bertz CT molecular complexity index is 115. The number of hydrogen-bond acceptors (Lipinski definition) is 2. The number of carboxylic acids is 1. The molecular formula is C5H8F2O3. The second-order valence-corrected chi connectivity index (χ2v) is 1.82. The molecule has 1 unspecified atom stereocenters. The van der Waals surface area contributed by atoms with Crippen LogP contribution in [0, 0.1) is 0 Å². The van der Waals surface area contributed by atoms with Crippen molar-refractivity contribution < 1.29 is 23.8 Å². The molecule has 3 nitrogen and oxygen atoms in total. The van der Waals surface area contributed by atoms with E-state index in [1.165, 1.54) is 0 Å². The van der Waals surface area contributed by atoms with Gasteiger partial charge in [0.25, 0.3) is 0 Å². The molecule has 0 spiro atoms. The zero-order valence-corrected chi connectivity index (χ0v) is 5.13. The zero-order chi connectivity index (χ0) is 8.15. The van der Waals surface area contributed by atoms with Crippen LogP contribution in [-0.4, -0.2) is 28.7 Å². The highest BCUT2D eigenvalue weighted by Gasteiger charge is 2.14. The highest BCUT2D eigenvalue weighted by atomic mass is 19.3. The topological polar surface area (TPSA) is 57.5 Å². The Morgan fingerprint density at radius 1 is 1.40 bits per heavy atom. The van der Waals surface area contributed by atoms with Gasteiger partial charge in [-0.15, -0.1) is 0 Å². The summed E-state index contributed by atoms with van der Waals surface area (Å²) in [7, 11) is 0. The molecule has 0 saturated carbocycles. The van der Waals surface area contributed by atoms with E-state index in [9.17, 15) is 13.6 Å². The van der Waals surface area contributed by atoms with Crippen molar-refractivity contribution in [2.24, 2.45) is 0 Å². The number of halogens is 2. The van der Waals surface area contributed by atoms with Crippen molar-refractivity contribution in [3.8, 4) is 0 Å². The highest BCUT2D eigenvalue weighted by Crippen LogP contribution is 2.05. The zero-order valence-electron chi connectivity index (χ0n) is 5.13. The summed E-state index contributed by atoms with van der Waals surface area (Å²) >= 11 is 0. The molecule has 0 aromatic rings. The van der Waals surface area contributed by atoms with E-state index < -0.39 is 31.3 Å². The van der Waals surface area contributed by atoms with Crippen molar-refractivity contribution in [1.29, 1.82) is 0 Å². The number of hydrogen-bond donors (Lipinski definition) is 2. The Hall–Kier alpha value is -0.710. The lowest BCUT2D eigenvalue weighted by Gasteiger charge is -2.02. The standard InChI is InChI=1S/C5H8F2O3/c6-4(7)2-1-3(8)5(9)10/h3-4,8H,1-2H2,(H,9,10). The van der Waals surface area contributed by atoms with Crippen LogP contribution in [0.5, 0.6) is 0 Å². The minimum Gasteiger partial charge on any atom is -0.479 e. The SMILES string of the molecule is O=C(O)C(O)CCC(F)F. The first-order valence-corrected chi connectivity index (χ1v) is 2.73. The number of aliphatic hydroxyl groups excluding tert-OH is 1. The normalized spacial score (nSPS) is 13.6. The maximum absolute atomic E-state index is 11.4. The quantitative estimate of drug-likeness (QED) is 0.619. The third-order valence-electron chi connectivity index (χ3n) is 0.943. The molecule has 60 valence electrons. The Morgan fingerprint density at radius 3 is 2.20 bits per heavy atom. The van der Waals surface area contributed by atoms with Crippen LogP contribution in [0.2, 0.25) is 0 Å². The smallest absolute Gasteiger partial charge is 0.332 e. The lowest BCUT2D eigenvalue weighted by atomic mass is 10.2. The summed E-state index contributed by atoms with van der Waals surface area (Å²) in [6, 6.07) is 0. The molecule has 0 radical (unpaired) electrons. The molecule has 1 atom stereocenters. The van der Waals surface area contributed by atoms with Crippen molar-refractivity contribution in [3.63, 3.8) is 0 Å². The molecule has 0 amide bonds. The molecule has 0 aliphatic heterocycles. The van der Waals surface area contributed by atoms with Gasteiger partial charge in [0.2, 0.25) is 6.43 Å². The number of rotatable bonds is 4. The number of carbonyl (C=O) groups is 1. The van der Waals surface area contributed by atoms with Crippen molar-refractivity contribution in [1.82, 2.24) is 0 Å². The van der Waals surface area contributed by atoms with Gasteiger partial charge in [0.05, 0.1) is 0 Å². The molecule has 0 aromatic carbocycles. The average molecular weight is 154 g/mol. The molecule has 0 heterocycles. The first-order valence-electron chi connectivity index (χ1n) is 2.73. The van der Waals surface area contributed by atoms with Crippen LogP contribution in [0.3, 0.4) is 0 Å². The van der Waals surface area contributed by atoms with Gasteiger partial charge in [0.15, 0.2) is 6.10 Å². The predicted molar refractivity (Wildman–Crippen MR) is 28.9 cm³/mol. The van der Waals surface area contributed by atoms with Crippen LogP contribution in [0.15, 0.2) is 0 Å². The molecule has 5 heteroatoms. The van der Waals surface area contributed by atoms with E-state index in [1.54, 1.807) is 0 Å². The van der Waals surface area contributed by atoms with Gasteiger partial charge in [0, 0.05) is 6.42 Å². The van der Waals surface area contributed by atoms with E-state index >= 15 is 0 Å². The molecule has 0 rings (SSSR count). The van der Waals surface area contributed by atoms with Gasteiger partial charge in [-0.05, 0) is 6.42 Å². The largest absolute Gasteiger partial charge is 0.479 e. The van der Waals surface area contributed by atoms with E-state index in [4.69, 9.17) is 10.2 Å². The van der Waals surface area contributed by atoms with Gasteiger partial charge in [-0.3, -0.25) is 0 Å². The number of carboxylic acid groups (broad SMARTS) is 1. The molecule has 0 aliphatic carbocycles. The monoisotopic (exact) mass is 154 g/mol.